The average molecular weight is 639 g/mol. The van der Waals surface area contributed by atoms with E-state index >= 15 is 0 Å². The first-order valence-electron chi connectivity index (χ1n) is 18.7. The highest BCUT2D eigenvalue weighted by atomic mass is 16.6. The SMILES string of the molecule is CCCCCC[C@H](O)CCC[C@H](O)[C@H]1CC[C@H]([C@H]2CC[C@H]([C@H](O)CC[C@@H](O)CCCCCCCCCC3=C[C@H](C)OC3=O)O2)O1. The van der Waals surface area contributed by atoms with Crippen molar-refractivity contribution in [3.8, 4) is 0 Å². The van der Waals surface area contributed by atoms with E-state index < -0.39 is 12.2 Å². The van der Waals surface area contributed by atoms with E-state index in [4.69, 9.17) is 14.2 Å². The number of esters is 1. The normalized spacial score (nSPS) is 27.8. The monoisotopic (exact) mass is 638 g/mol. The molecule has 2 fully saturated rings. The summed E-state index contributed by atoms with van der Waals surface area (Å²) >= 11 is 0. The van der Waals surface area contributed by atoms with Gasteiger partial charge in [0.1, 0.15) is 6.10 Å². The summed E-state index contributed by atoms with van der Waals surface area (Å²) in [6, 6.07) is 0. The average Bonchev–Trinajstić information content (AvgIpc) is 3.77. The fraction of sp³-hybridized carbons (Fsp3) is 0.919. The second kappa shape index (κ2) is 21.8. The second-order valence-electron chi connectivity index (χ2n) is 14.2. The third-order valence-electron chi connectivity index (χ3n) is 10.1. The zero-order valence-corrected chi connectivity index (χ0v) is 28.5. The van der Waals surface area contributed by atoms with Crippen LogP contribution in [0.2, 0.25) is 0 Å². The first-order chi connectivity index (χ1) is 21.8. The Morgan fingerprint density at radius 2 is 1.16 bits per heavy atom. The Labute approximate surface area is 273 Å². The Morgan fingerprint density at radius 3 is 1.73 bits per heavy atom. The molecule has 0 amide bonds. The van der Waals surface area contributed by atoms with Gasteiger partial charge in [-0.25, -0.2) is 4.79 Å². The Balaban J connectivity index is 1.16. The van der Waals surface area contributed by atoms with E-state index in [-0.39, 0.29) is 48.7 Å². The molecule has 0 saturated carbocycles. The third kappa shape index (κ3) is 14.7. The zero-order valence-electron chi connectivity index (χ0n) is 28.5. The molecule has 0 aliphatic carbocycles. The molecule has 2 saturated heterocycles. The first kappa shape index (κ1) is 38.4. The molecule has 0 radical (unpaired) electrons. The smallest absolute Gasteiger partial charge is 0.334 e. The van der Waals surface area contributed by atoms with Gasteiger partial charge in [-0.2, -0.15) is 0 Å². The lowest BCUT2D eigenvalue weighted by atomic mass is 9.99. The van der Waals surface area contributed by atoms with Gasteiger partial charge in [0.05, 0.1) is 48.8 Å². The number of cyclic esters (lactones) is 1. The molecule has 8 nitrogen and oxygen atoms in total. The number of carbonyl (C=O) groups is 1. The largest absolute Gasteiger partial charge is 0.455 e. The number of ether oxygens (including phenoxy) is 3. The summed E-state index contributed by atoms with van der Waals surface area (Å²) in [5.41, 5.74) is 0.834. The van der Waals surface area contributed by atoms with E-state index in [1.165, 1.54) is 32.1 Å². The molecule has 0 aromatic heterocycles. The first-order valence-corrected chi connectivity index (χ1v) is 18.7. The number of hydrogen-bond acceptors (Lipinski definition) is 8. The minimum absolute atomic E-state index is 0.0381. The van der Waals surface area contributed by atoms with Crippen LogP contribution in [0.25, 0.3) is 0 Å². The second-order valence-corrected chi connectivity index (χ2v) is 14.2. The van der Waals surface area contributed by atoms with Crippen molar-refractivity contribution in [2.45, 2.75) is 216 Å². The van der Waals surface area contributed by atoms with Gasteiger partial charge in [0.25, 0.3) is 0 Å². The molecule has 0 aromatic rings. The maximum atomic E-state index is 11.6. The maximum absolute atomic E-state index is 11.6. The van der Waals surface area contributed by atoms with E-state index in [1.807, 2.05) is 13.0 Å². The molecule has 4 N–H and O–H groups in total. The van der Waals surface area contributed by atoms with Crippen LogP contribution in [0.3, 0.4) is 0 Å². The molecule has 9 atom stereocenters. The van der Waals surface area contributed by atoms with Crippen LogP contribution in [-0.2, 0) is 19.0 Å². The van der Waals surface area contributed by atoms with Crippen LogP contribution in [0, 0.1) is 0 Å². The van der Waals surface area contributed by atoms with Gasteiger partial charge in [-0.05, 0) is 96.5 Å². The van der Waals surface area contributed by atoms with Crippen molar-refractivity contribution >= 4 is 5.97 Å². The summed E-state index contributed by atoms with van der Waals surface area (Å²) in [7, 11) is 0. The predicted molar refractivity (Wildman–Crippen MR) is 177 cm³/mol. The van der Waals surface area contributed by atoms with Crippen molar-refractivity contribution in [3.63, 3.8) is 0 Å². The number of unbranched alkanes of at least 4 members (excludes halogenated alkanes) is 9. The van der Waals surface area contributed by atoms with Crippen molar-refractivity contribution in [2.24, 2.45) is 0 Å². The summed E-state index contributed by atoms with van der Waals surface area (Å²) in [5.74, 6) is -0.148. The molecule has 3 aliphatic heterocycles. The van der Waals surface area contributed by atoms with E-state index in [0.717, 1.165) is 102 Å². The lowest BCUT2D eigenvalue weighted by molar-refractivity contribution is -0.139. The fourth-order valence-electron chi connectivity index (χ4n) is 7.28. The predicted octanol–water partition coefficient (Wildman–Crippen LogP) is 6.83. The van der Waals surface area contributed by atoms with Crippen molar-refractivity contribution in [3.05, 3.63) is 11.6 Å². The van der Waals surface area contributed by atoms with E-state index in [2.05, 4.69) is 6.92 Å². The lowest BCUT2D eigenvalue weighted by Crippen LogP contribution is -2.33. The molecule has 0 aromatic carbocycles. The van der Waals surface area contributed by atoms with E-state index in [1.54, 1.807) is 0 Å². The highest BCUT2D eigenvalue weighted by molar-refractivity contribution is 5.90. The van der Waals surface area contributed by atoms with Gasteiger partial charge in [0.15, 0.2) is 0 Å². The number of hydrogen-bond donors (Lipinski definition) is 4. The molecule has 3 aliphatic rings. The van der Waals surface area contributed by atoms with Gasteiger partial charge < -0.3 is 34.6 Å². The van der Waals surface area contributed by atoms with Gasteiger partial charge in [0, 0.05) is 5.57 Å². The quantitative estimate of drug-likeness (QED) is 0.0634. The van der Waals surface area contributed by atoms with Gasteiger partial charge in [-0.3, -0.25) is 0 Å². The van der Waals surface area contributed by atoms with Gasteiger partial charge >= 0.3 is 5.97 Å². The van der Waals surface area contributed by atoms with Gasteiger partial charge in [-0.1, -0.05) is 71.1 Å². The molecule has 0 unspecified atom stereocenters. The van der Waals surface area contributed by atoms with E-state index in [9.17, 15) is 25.2 Å². The Bertz CT molecular complexity index is 833. The standard InChI is InChI=1S/C37H66O8/c1-3-4-5-12-16-29(38)18-14-19-31(40)33-22-24-35(44-33)36-25-23-34(45-36)32(41)21-20-30(39)17-13-10-8-6-7-9-11-15-28-26-27(2)43-37(28)42/h26-27,29-36,38-41H,3-25H2,1-2H3/t27-,29-,30-,31-,32+,33+,34+,35+,36+/m0/s1. The van der Waals surface area contributed by atoms with Crippen molar-refractivity contribution in [2.75, 3.05) is 0 Å². The Kier molecular flexibility index (Phi) is 18.6. The summed E-state index contributed by atoms with van der Waals surface area (Å²) in [6.45, 7) is 4.08. The molecule has 262 valence electrons. The summed E-state index contributed by atoms with van der Waals surface area (Å²) in [5, 5.41) is 42.1. The Hall–Kier alpha value is -1.03. The number of aliphatic hydroxyl groups is 4. The lowest BCUT2D eigenvalue weighted by Gasteiger charge is -2.24. The summed E-state index contributed by atoms with van der Waals surface area (Å²) in [6.07, 6.45) is 21.2. The van der Waals surface area contributed by atoms with Crippen LogP contribution in [-0.4, -0.2) is 81.3 Å². The van der Waals surface area contributed by atoms with Crippen LogP contribution >= 0.6 is 0 Å². The Morgan fingerprint density at radius 1 is 0.644 bits per heavy atom. The minimum atomic E-state index is -0.578. The topological polar surface area (TPSA) is 126 Å². The number of carbonyl (C=O) groups excluding carboxylic acids is 1. The number of aliphatic hydroxyl groups excluding tert-OH is 4. The maximum Gasteiger partial charge on any atom is 0.334 e. The van der Waals surface area contributed by atoms with Gasteiger partial charge in [0.2, 0.25) is 0 Å². The van der Waals surface area contributed by atoms with Crippen LogP contribution in [0.5, 0.6) is 0 Å². The highest BCUT2D eigenvalue weighted by Crippen LogP contribution is 2.34. The van der Waals surface area contributed by atoms with Crippen LogP contribution in [0.15, 0.2) is 11.6 Å². The third-order valence-corrected chi connectivity index (χ3v) is 10.1. The zero-order chi connectivity index (χ0) is 32.4. The molecule has 3 heterocycles. The fourth-order valence-corrected chi connectivity index (χ4v) is 7.28. The summed E-state index contributed by atoms with van der Waals surface area (Å²) in [4.78, 5) is 11.6. The molecular formula is C37H66O8. The van der Waals surface area contributed by atoms with Crippen LogP contribution < -0.4 is 0 Å². The van der Waals surface area contributed by atoms with Crippen LogP contribution in [0.1, 0.15) is 162 Å². The van der Waals surface area contributed by atoms with Crippen molar-refractivity contribution in [1.82, 2.24) is 0 Å². The summed E-state index contributed by atoms with van der Waals surface area (Å²) < 4.78 is 17.6. The van der Waals surface area contributed by atoms with E-state index in [0.29, 0.717) is 19.3 Å². The molecule has 0 spiro atoms. The van der Waals surface area contributed by atoms with Crippen molar-refractivity contribution < 1.29 is 39.4 Å². The molecular weight excluding hydrogens is 572 g/mol. The molecule has 3 rings (SSSR count). The highest BCUT2D eigenvalue weighted by Gasteiger charge is 2.40. The molecule has 0 bridgehead atoms. The minimum Gasteiger partial charge on any atom is -0.455 e. The molecule has 45 heavy (non-hydrogen) atoms. The molecule has 8 heteroatoms. The van der Waals surface area contributed by atoms with Crippen molar-refractivity contribution in [1.29, 1.82) is 0 Å². The van der Waals surface area contributed by atoms with Crippen LogP contribution in [0.4, 0.5) is 0 Å². The van der Waals surface area contributed by atoms with Gasteiger partial charge in [-0.15, -0.1) is 0 Å². The number of rotatable bonds is 25.